The second-order valence-electron chi connectivity index (χ2n) is 5.33. The zero-order valence-electron chi connectivity index (χ0n) is 10.4. The van der Waals surface area contributed by atoms with E-state index in [9.17, 15) is 10.1 Å². The minimum atomic E-state index is -0.681. The Balaban J connectivity index is 4.20. The molecular weight excluding hydrogens is 194 g/mol. The highest BCUT2D eigenvalue weighted by Crippen LogP contribution is 2.32. The Hall–Kier alpha value is -0.800. The van der Waals surface area contributed by atoms with Crippen molar-refractivity contribution in [2.45, 2.75) is 60.0 Å². The van der Waals surface area contributed by atoms with Crippen LogP contribution in [0.5, 0.6) is 0 Å². The van der Waals surface area contributed by atoms with Gasteiger partial charge in [-0.15, -0.1) is 10.1 Å². The second kappa shape index (κ2) is 5.93. The van der Waals surface area contributed by atoms with Crippen molar-refractivity contribution in [2.24, 2.45) is 11.3 Å². The molecule has 0 aromatic carbocycles. The maximum absolute atomic E-state index is 10.3. The molecule has 0 aliphatic rings. The standard InChI is InChI=1S/C11H23NO3/c1-6-10(15-12(13)14)8-11(4,5)7-9(2)3/h9-10H,6-8H2,1-5H3. The SMILES string of the molecule is CCC(CC(C)(C)CC(C)C)O[N+](=O)[O-]. The van der Waals surface area contributed by atoms with E-state index in [4.69, 9.17) is 0 Å². The Morgan fingerprint density at radius 2 is 1.87 bits per heavy atom. The molecule has 0 rings (SSSR count). The molecule has 0 aliphatic carbocycles. The highest BCUT2D eigenvalue weighted by molar-refractivity contribution is 4.74. The number of hydrogen-bond acceptors (Lipinski definition) is 3. The van der Waals surface area contributed by atoms with E-state index >= 15 is 0 Å². The summed E-state index contributed by atoms with van der Waals surface area (Å²) in [5, 5.41) is 9.58. The second-order valence-corrected chi connectivity index (χ2v) is 5.33. The van der Waals surface area contributed by atoms with E-state index in [1.165, 1.54) is 0 Å². The maximum atomic E-state index is 10.3. The van der Waals surface area contributed by atoms with E-state index in [-0.39, 0.29) is 11.5 Å². The van der Waals surface area contributed by atoms with E-state index in [0.717, 1.165) is 12.8 Å². The first kappa shape index (κ1) is 14.2. The summed E-state index contributed by atoms with van der Waals surface area (Å²) in [5.41, 5.74) is 0.102. The third-order valence-corrected chi connectivity index (χ3v) is 2.43. The largest absolute Gasteiger partial charge is 0.311 e. The average Bonchev–Trinajstić information content (AvgIpc) is 1.98. The molecule has 1 atom stereocenters. The molecule has 0 bridgehead atoms. The number of rotatable bonds is 7. The van der Waals surface area contributed by atoms with Crippen molar-refractivity contribution in [3.8, 4) is 0 Å². The first-order chi connectivity index (χ1) is 6.76. The summed E-state index contributed by atoms with van der Waals surface area (Å²) in [4.78, 5) is 14.9. The Kier molecular flexibility index (Phi) is 5.61. The molecule has 0 aliphatic heterocycles. The van der Waals surface area contributed by atoms with Crippen LogP contribution in [0.4, 0.5) is 0 Å². The topological polar surface area (TPSA) is 52.4 Å². The predicted octanol–water partition coefficient (Wildman–Crippen LogP) is 3.44. The van der Waals surface area contributed by atoms with Crippen LogP contribution in [0.25, 0.3) is 0 Å². The first-order valence-corrected chi connectivity index (χ1v) is 5.58. The van der Waals surface area contributed by atoms with Crippen molar-refractivity contribution in [2.75, 3.05) is 0 Å². The fourth-order valence-electron chi connectivity index (χ4n) is 2.18. The van der Waals surface area contributed by atoms with Gasteiger partial charge >= 0.3 is 0 Å². The highest BCUT2D eigenvalue weighted by atomic mass is 17.0. The molecule has 90 valence electrons. The van der Waals surface area contributed by atoms with Crippen molar-refractivity contribution >= 4 is 0 Å². The Morgan fingerprint density at radius 1 is 1.33 bits per heavy atom. The molecule has 4 heteroatoms. The maximum Gasteiger partial charge on any atom is 0.294 e. The summed E-state index contributed by atoms with van der Waals surface area (Å²) < 4.78 is 0. The summed E-state index contributed by atoms with van der Waals surface area (Å²) >= 11 is 0. The van der Waals surface area contributed by atoms with E-state index in [2.05, 4.69) is 32.5 Å². The van der Waals surface area contributed by atoms with Gasteiger partial charge in [-0.3, -0.25) is 0 Å². The summed E-state index contributed by atoms with van der Waals surface area (Å²) in [6.07, 6.45) is 2.21. The molecule has 1 unspecified atom stereocenters. The van der Waals surface area contributed by atoms with Crippen LogP contribution in [0, 0.1) is 21.4 Å². The molecule has 0 amide bonds. The van der Waals surface area contributed by atoms with E-state index < -0.39 is 5.09 Å². The lowest BCUT2D eigenvalue weighted by atomic mass is 9.79. The van der Waals surface area contributed by atoms with Crippen LogP contribution in [0.3, 0.4) is 0 Å². The van der Waals surface area contributed by atoms with Gasteiger partial charge in [-0.1, -0.05) is 34.6 Å². The van der Waals surface area contributed by atoms with Crippen molar-refractivity contribution in [3.05, 3.63) is 10.1 Å². The lowest BCUT2D eigenvalue weighted by Crippen LogP contribution is -2.26. The minimum Gasteiger partial charge on any atom is -0.311 e. The van der Waals surface area contributed by atoms with Crippen molar-refractivity contribution in [3.63, 3.8) is 0 Å². The van der Waals surface area contributed by atoms with Gasteiger partial charge in [-0.25, -0.2) is 0 Å². The highest BCUT2D eigenvalue weighted by Gasteiger charge is 2.25. The van der Waals surface area contributed by atoms with Crippen molar-refractivity contribution in [1.82, 2.24) is 0 Å². The van der Waals surface area contributed by atoms with Gasteiger partial charge in [-0.05, 0) is 30.6 Å². The molecule has 0 heterocycles. The van der Waals surface area contributed by atoms with Crippen LogP contribution >= 0.6 is 0 Å². The van der Waals surface area contributed by atoms with Crippen LogP contribution in [-0.2, 0) is 4.84 Å². The molecule has 0 saturated carbocycles. The first-order valence-electron chi connectivity index (χ1n) is 5.58. The lowest BCUT2D eigenvalue weighted by Gasteiger charge is -2.29. The van der Waals surface area contributed by atoms with Crippen molar-refractivity contribution < 1.29 is 9.92 Å². The normalized spacial score (nSPS) is 14.0. The molecule has 0 fully saturated rings. The van der Waals surface area contributed by atoms with Gasteiger partial charge in [0, 0.05) is 0 Å². The zero-order chi connectivity index (χ0) is 12.1. The molecule has 0 aromatic rings. The summed E-state index contributed by atoms with van der Waals surface area (Å²) in [6, 6.07) is 0. The van der Waals surface area contributed by atoms with E-state index in [1.54, 1.807) is 0 Å². The molecule has 0 N–H and O–H groups in total. The van der Waals surface area contributed by atoms with Gasteiger partial charge in [0.05, 0.1) is 0 Å². The Labute approximate surface area is 92.1 Å². The molecule has 0 aromatic heterocycles. The monoisotopic (exact) mass is 217 g/mol. The Morgan fingerprint density at radius 3 is 2.20 bits per heavy atom. The summed E-state index contributed by atoms with van der Waals surface area (Å²) in [6.45, 7) is 10.5. The molecule has 4 nitrogen and oxygen atoms in total. The number of nitrogens with zero attached hydrogens (tertiary/aromatic N) is 1. The van der Waals surface area contributed by atoms with Crippen LogP contribution in [0.15, 0.2) is 0 Å². The average molecular weight is 217 g/mol. The van der Waals surface area contributed by atoms with Gasteiger partial charge < -0.3 is 4.84 Å². The fourth-order valence-corrected chi connectivity index (χ4v) is 2.18. The van der Waals surface area contributed by atoms with Crippen LogP contribution in [0.1, 0.15) is 53.9 Å². The van der Waals surface area contributed by atoms with Gasteiger partial charge in [0.2, 0.25) is 0 Å². The van der Waals surface area contributed by atoms with Gasteiger partial charge in [-0.2, -0.15) is 0 Å². The van der Waals surface area contributed by atoms with Crippen LogP contribution in [0.2, 0.25) is 0 Å². The third-order valence-electron chi connectivity index (χ3n) is 2.43. The van der Waals surface area contributed by atoms with Crippen LogP contribution in [-0.4, -0.2) is 11.2 Å². The molecular formula is C11H23NO3. The summed E-state index contributed by atoms with van der Waals surface area (Å²) in [7, 11) is 0. The minimum absolute atomic E-state index is 0.102. The Bertz CT molecular complexity index is 202. The lowest BCUT2D eigenvalue weighted by molar-refractivity contribution is -0.769. The van der Waals surface area contributed by atoms with Gasteiger partial charge in [0.1, 0.15) is 6.10 Å². The fraction of sp³-hybridized carbons (Fsp3) is 1.00. The molecule has 0 saturated heterocycles. The van der Waals surface area contributed by atoms with E-state index in [0.29, 0.717) is 12.3 Å². The molecule has 0 radical (unpaired) electrons. The van der Waals surface area contributed by atoms with Crippen molar-refractivity contribution in [1.29, 1.82) is 0 Å². The quantitative estimate of drug-likeness (QED) is 0.485. The van der Waals surface area contributed by atoms with Crippen LogP contribution < -0.4 is 0 Å². The molecule has 15 heavy (non-hydrogen) atoms. The van der Waals surface area contributed by atoms with Gasteiger partial charge in [0.15, 0.2) is 0 Å². The summed E-state index contributed by atoms with van der Waals surface area (Å²) in [5.74, 6) is 0.605. The van der Waals surface area contributed by atoms with Gasteiger partial charge in [0.25, 0.3) is 5.09 Å². The predicted molar refractivity (Wildman–Crippen MR) is 60.0 cm³/mol. The molecule has 0 spiro atoms. The smallest absolute Gasteiger partial charge is 0.294 e. The third kappa shape index (κ3) is 7.17. The van der Waals surface area contributed by atoms with E-state index in [1.807, 2.05) is 6.92 Å². The zero-order valence-corrected chi connectivity index (χ0v) is 10.4. The number of hydrogen-bond donors (Lipinski definition) is 0.